The van der Waals surface area contributed by atoms with Crippen molar-refractivity contribution in [2.45, 2.75) is 0 Å². The van der Waals surface area contributed by atoms with Crippen molar-refractivity contribution in [2.75, 3.05) is 98.2 Å². The average Bonchev–Trinajstić information content (AvgIpc) is 3.09. The number of amides is 2. The van der Waals surface area contributed by atoms with E-state index in [1.165, 1.54) is 0 Å². The molecule has 30 heavy (non-hydrogen) atoms. The Balaban J connectivity index is 2.42. The number of rotatable bonds is 17. The maximum Gasteiger partial charge on any atom is 0.320 e. The zero-order valence-electron chi connectivity index (χ0n) is 17.7. The van der Waals surface area contributed by atoms with Crippen LogP contribution in [-0.4, -0.2) is 124 Å². The molecule has 1 rings (SSSR count). The van der Waals surface area contributed by atoms with Crippen molar-refractivity contribution in [3.05, 3.63) is 0 Å². The van der Waals surface area contributed by atoms with E-state index in [1.807, 2.05) is 14.7 Å². The molecule has 1 heterocycles. The molecular weight excluding hydrogens is 384 g/mol. The predicted octanol–water partition coefficient (Wildman–Crippen LogP) is -1.96. The first-order chi connectivity index (χ1) is 14.7. The van der Waals surface area contributed by atoms with Crippen LogP contribution >= 0.6 is 0 Å². The van der Waals surface area contributed by atoms with E-state index in [2.05, 4.69) is 33.7 Å². The molecule has 2 amide bonds. The number of urea groups is 1. The molecule has 0 radical (unpaired) electrons. The van der Waals surface area contributed by atoms with Crippen LogP contribution in [0, 0.1) is 34.0 Å². The van der Waals surface area contributed by atoms with Crippen molar-refractivity contribution in [1.82, 2.24) is 30.2 Å². The van der Waals surface area contributed by atoms with Gasteiger partial charge in [-0.05, 0) is 0 Å². The normalized spacial score (nSPS) is 13.7. The first-order valence-corrected chi connectivity index (χ1v) is 10.4. The van der Waals surface area contributed by atoms with Crippen LogP contribution in [0.25, 0.3) is 0 Å². The van der Waals surface area contributed by atoms with Gasteiger partial charge < -0.3 is 26.2 Å². The highest BCUT2D eigenvalue weighted by molar-refractivity contribution is 5.76. The molecule has 0 atom stereocenters. The second kappa shape index (κ2) is 16.3. The van der Waals surface area contributed by atoms with E-state index < -0.39 is 0 Å². The second-order valence-corrected chi connectivity index (χ2v) is 6.99. The van der Waals surface area contributed by atoms with Crippen molar-refractivity contribution in [2.24, 2.45) is 5.73 Å². The molecular formula is C19H34N10O. The monoisotopic (exact) mass is 418 g/mol. The van der Waals surface area contributed by atoms with Crippen molar-refractivity contribution < 1.29 is 4.79 Å². The maximum atomic E-state index is 12.7. The largest absolute Gasteiger partial charge is 0.329 e. The molecule has 1 aliphatic rings. The number of carbonyl (C=O) groups excluding carboxylic acids is 1. The SMILES string of the molecule is N#CCNCCN(CCNCC#N)CCN1CCN(CCN(CC#N)CCN)C1=O. The lowest BCUT2D eigenvalue weighted by Gasteiger charge is -2.26. The molecule has 1 saturated heterocycles. The fraction of sp³-hybridized carbons (Fsp3) is 0.789. The fourth-order valence-electron chi connectivity index (χ4n) is 3.22. The van der Waals surface area contributed by atoms with Crippen LogP contribution < -0.4 is 16.4 Å². The summed E-state index contributed by atoms with van der Waals surface area (Å²) >= 11 is 0. The number of hydrogen-bond donors (Lipinski definition) is 3. The third-order valence-corrected chi connectivity index (χ3v) is 4.91. The summed E-state index contributed by atoms with van der Waals surface area (Å²) in [5.74, 6) is 0. The fourth-order valence-corrected chi connectivity index (χ4v) is 3.22. The lowest BCUT2D eigenvalue weighted by Crippen LogP contribution is -2.43. The van der Waals surface area contributed by atoms with Crippen LogP contribution in [0.2, 0.25) is 0 Å². The predicted molar refractivity (Wildman–Crippen MR) is 113 cm³/mol. The van der Waals surface area contributed by atoms with Gasteiger partial charge in [-0.2, -0.15) is 15.8 Å². The van der Waals surface area contributed by atoms with Gasteiger partial charge in [0.1, 0.15) is 0 Å². The number of nitrogens with two attached hydrogens (primary N) is 1. The van der Waals surface area contributed by atoms with E-state index in [0.717, 1.165) is 19.6 Å². The molecule has 1 fully saturated rings. The van der Waals surface area contributed by atoms with Gasteiger partial charge in [-0.15, -0.1) is 0 Å². The summed E-state index contributed by atoms with van der Waals surface area (Å²) in [7, 11) is 0. The van der Waals surface area contributed by atoms with E-state index >= 15 is 0 Å². The van der Waals surface area contributed by atoms with E-state index in [1.54, 1.807) is 0 Å². The van der Waals surface area contributed by atoms with Crippen LogP contribution in [0.5, 0.6) is 0 Å². The number of nitriles is 3. The number of carbonyl (C=O) groups is 1. The Morgan fingerprint density at radius 2 is 1.37 bits per heavy atom. The average molecular weight is 419 g/mol. The van der Waals surface area contributed by atoms with E-state index in [-0.39, 0.29) is 6.03 Å². The highest BCUT2D eigenvalue weighted by atomic mass is 16.2. The molecule has 0 unspecified atom stereocenters. The topological polar surface area (TPSA) is 151 Å². The smallest absolute Gasteiger partial charge is 0.320 e. The van der Waals surface area contributed by atoms with Gasteiger partial charge in [0.15, 0.2) is 0 Å². The van der Waals surface area contributed by atoms with Gasteiger partial charge in [0.25, 0.3) is 0 Å². The molecule has 4 N–H and O–H groups in total. The molecule has 0 aromatic heterocycles. The minimum atomic E-state index is 0.0322. The molecule has 0 aliphatic carbocycles. The van der Waals surface area contributed by atoms with Gasteiger partial charge >= 0.3 is 6.03 Å². The van der Waals surface area contributed by atoms with E-state index in [0.29, 0.717) is 78.5 Å². The second-order valence-electron chi connectivity index (χ2n) is 6.99. The van der Waals surface area contributed by atoms with Crippen molar-refractivity contribution in [1.29, 1.82) is 15.8 Å². The standard InChI is InChI=1S/C19H34N10O/c20-1-5-24-7-11-27(12-8-25-6-2-21)14-16-29-18-17-28(19(29)30)15-13-26(9-3-22)10-4-23/h24-25H,3,5-18,22H2. The maximum absolute atomic E-state index is 12.7. The Labute approximate surface area is 179 Å². The van der Waals surface area contributed by atoms with Gasteiger partial charge in [0.05, 0.1) is 37.8 Å². The Hall–Kier alpha value is -2.46. The van der Waals surface area contributed by atoms with E-state index in [4.69, 9.17) is 21.5 Å². The molecule has 166 valence electrons. The molecule has 0 aromatic rings. The lowest BCUT2D eigenvalue weighted by molar-refractivity contribution is 0.177. The molecule has 0 spiro atoms. The molecule has 1 aliphatic heterocycles. The lowest BCUT2D eigenvalue weighted by atomic mass is 10.4. The van der Waals surface area contributed by atoms with Crippen LogP contribution in [0.3, 0.4) is 0 Å². The number of hydrogen-bond acceptors (Lipinski definition) is 9. The summed E-state index contributed by atoms with van der Waals surface area (Å²) in [6.45, 7) is 9.00. The Kier molecular flexibility index (Phi) is 13.9. The Morgan fingerprint density at radius 3 is 1.83 bits per heavy atom. The minimum absolute atomic E-state index is 0.0322. The summed E-state index contributed by atoms with van der Waals surface area (Å²) in [6.07, 6.45) is 0. The Bertz CT molecular complexity index is 586. The van der Waals surface area contributed by atoms with Crippen LogP contribution in [-0.2, 0) is 0 Å². The van der Waals surface area contributed by atoms with Gasteiger partial charge in [-0.3, -0.25) is 9.80 Å². The van der Waals surface area contributed by atoms with Crippen molar-refractivity contribution in [3.8, 4) is 18.2 Å². The third-order valence-electron chi connectivity index (χ3n) is 4.91. The zero-order chi connectivity index (χ0) is 22.0. The van der Waals surface area contributed by atoms with Crippen molar-refractivity contribution in [3.63, 3.8) is 0 Å². The minimum Gasteiger partial charge on any atom is -0.329 e. The highest BCUT2D eigenvalue weighted by Crippen LogP contribution is 2.08. The number of nitrogens with zero attached hydrogens (tertiary/aromatic N) is 7. The molecule has 11 heteroatoms. The molecule has 0 bridgehead atoms. The summed E-state index contributed by atoms with van der Waals surface area (Å²) in [6, 6.07) is 6.29. The van der Waals surface area contributed by atoms with Gasteiger partial charge in [0.2, 0.25) is 0 Å². The van der Waals surface area contributed by atoms with Crippen LogP contribution in [0.15, 0.2) is 0 Å². The summed E-state index contributed by atoms with van der Waals surface area (Å²) < 4.78 is 0. The van der Waals surface area contributed by atoms with E-state index in [9.17, 15) is 4.79 Å². The molecule has 11 nitrogen and oxygen atoms in total. The first kappa shape index (κ1) is 25.6. The first-order valence-electron chi connectivity index (χ1n) is 10.4. The zero-order valence-corrected chi connectivity index (χ0v) is 17.7. The molecule has 0 aromatic carbocycles. The molecule has 0 saturated carbocycles. The van der Waals surface area contributed by atoms with Gasteiger partial charge in [-0.25, -0.2) is 4.79 Å². The van der Waals surface area contributed by atoms with Crippen molar-refractivity contribution >= 4 is 6.03 Å². The van der Waals surface area contributed by atoms with Crippen LogP contribution in [0.4, 0.5) is 4.79 Å². The summed E-state index contributed by atoms with van der Waals surface area (Å²) in [4.78, 5) is 20.5. The Morgan fingerprint density at radius 1 is 0.833 bits per heavy atom. The number of nitrogens with one attached hydrogen (secondary N) is 2. The van der Waals surface area contributed by atoms with Gasteiger partial charge in [-0.1, -0.05) is 0 Å². The third kappa shape index (κ3) is 10.4. The summed E-state index contributed by atoms with van der Waals surface area (Å²) in [5, 5.41) is 32.3. The highest BCUT2D eigenvalue weighted by Gasteiger charge is 2.28. The quantitative estimate of drug-likeness (QED) is 0.180. The van der Waals surface area contributed by atoms with Gasteiger partial charge in [0, 0.05) is 78.5 Å². The van der Waals surface area contributed by atoms with Crippen LogP contribution in [0.1, 0.15) is 0 Å². The summed E-state index contributed by atoms with van der Waals surface area (Å²) in [5.41, 5.74) is 5.58.